The SMILES string of the molecule is CC1(CNc2nncn2[C@H]2CCc3sc(NC(=O)C4CC4)c(C(=O)NCC4CC4)c3C2)CC1. The highest BCUT2D eigenvalue weighted by molar-refractivity contribution is 7.17. The number of anilines is 2. The molecule has 1 atom stereocenters. The number of carbonyl (C=O) groups excluding carboxylic acids is 2. The molecule has 4 aliphatic carbocycles. The lowest BCUT2D eigenvalue weighted by Crippen LogP contribution is -2.29. The Labute approximate surface area is 197 Å². The van der Waals surface area contributed by atoms with Gasteiger partial charge in [-0.2, -0.15) is 0 Å². The van der Waals surface area contributed by atoms with Crippen molar-refractivity contribution in [3.8, 4) is 0 Å². The van der Waals surface area contributed by atoms with E-state index in [1.165, 1.54) is 30.6 Å². The molecule has 9 heteroatoms. The normalized spacial score (nSPS) is 23.0. The molecule has 2 aromatic heterocycles. The van der Waals surface area contributed by atoms with Crippen molar-refractivity contribution >= 4 is 34.1 Å². The number of hydrogen-bond acceptors (Lipinski definition) is 6. The van der Waals surface area contributed by atoms with Crippen LogP contribution in [0.4, 0.5) is 10.9 Å². The number of rotatable bonds is 9. The fraction of sp³-hybridized carbons (Fsp3) is 0.667. The summed E-state index contributed by atoms with van der Waals surface area (Å²) in [5, 5.41) is 19.0. The smallest absolute Gasteiger partial charge is 0.254 e. The molecule has 3 saturated carbocycles. The molecule has 4 aliphatic rings. The van der Waals surface area contributed by atoms with Crippen LogP contribution < -0.4 is 16.0 Å². The number of fused-ring (bicyclic) bond motifs is 1. The molecule has 8 nitrogen and oxygen atoms in total. The van der Waals surface area contributed by atoms with Crippen molar-refractivity contribution in [1.29, 1.82) is 0 Å². The lowest BCUT2D eigenvalue weighted by Gasteiger charge is -2.25. The molecule has 0 spiro atoms. The maximum absolute atomic E-state index is 13.3. The van der Waals surface area contributed by atoms with Gasteiger partial charge in [-0.1, -0.05) is 6.92 Å². The summed E-state index contributed by atoms with van der Waals surface area (Å²) in [7, 11) is 0. The second kappa shape index (κ2) is 8.11. The van der Waals surface area contributed by atoms with Crippen molar-refractivity contribution in [3.05, 3.63) is 22.3 Å². The fourth-order valence-corrected chi connectivity index (χ4v) is 5.90. The number of nitrogens with zero attached hydrogens (tertiary/aromatic N) is 3. The second-order valence-electron chi connectivity index (χ2n) is 10.7. The lowest BCUT2D eigenvalue weighted by molar-refractivity contribution is -0.117. The molecule has 0 bridgehead atoms. The van der Waals surface area contributed by atoms with E-state index in [0.29, 0.717) is 16.9 Å². The minimum Gasteiger partial charge on any atom is -0.354 e. The van der Waals surface area contributed by atoms with Crippen LogP contribution in [0.5, 0.6) is 0 Å². The third-order valence-electron chi connectivity index (χ3n) is 7.64. The largest absolute Gasteiger partial charge is 0.354 e. The Morgan fingerprint density at radius 1 is 1.21 bits per heavy atom. The van der Waals surface area contributed by atoms with Gasteiger partial charge in [0.05, 0.1) is 5.56 Å². The fourth-order valence-electron chi connectivity index (χ4n) is 4.66. The number of nitrogens with one attached hydrogen (secondary N) is 3. The van der Waals surface area contributed by atoms with Gasteiger partial charge in [0, 0.05) is 29.9 Å². The standard InChI is InChI=1S/C24H32N6O2S/c1-24(8-9-24)12-26-23-29-27-13-30(23)16-6-7-18-17(10-16)19(21(32)25-11-14-2-3-14)22(33-18)28-20(31)15-4-5-15/h13-16H,2-12H2,1H3,(H,25,32)(H,26,29)(H,28,31)/t16-/m0/s1. The number of aromatic nitrogens is 3. The Morgan fingerprint density at radius 2 is 2.03 bits per heavy atom. The Morgan fingerprint density at radius 3 is 2.76 bits per heavy atom. The maximum Gasteiger partial charge on any atom is 0.254 e. The number of amides is 2. The predicted octanol–water partition coefficient (Wildman–Crippen LogP) is 3.77. The number of carbonyl (C=O) groups is 2. The molecule has 3 N–H and O–H groups in total. The Hall–Kier alpha value is -2.42. The molecule has 0 unspecified atom stereocenters. The molecule has 0 aromatic carbocycles. The summed E-state index contributed by atoms with van der Waals surface area (Å²) in [5.74, 6) is 1.54. The molecule has 33 heavy (non-hydrogen) atoms. The van der Waals surface area contributed by atoms with E-state index in [9.17, 15) is 9.59 Å². The third-order valence-corrected chi connectivity index (χ3v) is 8.85. The summed E-state index contributed by atoms with van der Waals surface area (Å²) in [5.41, 5.74) is 2.15. The van der Waals surface area contributed by atoms with Crippen LogP contribution >= 0.6 is 11.3 Å². The predicted molar refractivity (Wildman–Crippen MR) is 128 cm³/mol. The molecule has 0 radical (unpaired) electrons. The van der Waals surface area contributed by atoms with Gasteiger partial charge in [-0.15, -0.1) is 21.5 Å². The first-order valence-electron chi connectivity index (χ1n) is 12.4. The van der Waals surface area contributed by atoms with Crippen molar-refractivity contribution in [2.45, 2.75) is 70.8 Å². The van der Waals surface area contributed by atoms with E-state index in [4.69, 9.17) is 0 Å². The molecule has 6 rings (SSSR count). The van der Waals surface area contributed by atoms with Gasteiger partial charge in [0.1, 0.15) is 11.3 Å². The van der Waals surface area contributed by atoms with Gasteiger partial charge in [0.2, 0.25) is 11.9 Å². The zero-order valence-corrected chi connectivity index (χ0v) is 20.0. The van der Waals surface area contributed by atoms with Gasteiger partial charge in [-0.25, -0.2) is 0 Å². The van der Waals surface area contributed by atoms with E-state index >= 15 is 0 Å². The van der Waals surface area contributed by atoms with Gasteiger partial charge < -0.3 is 16.0 Å². The van der Waals surface area contributed by atoms with Gasteiger partial charge in [0.25, 0.3) is 5.91 Å². The Kier molecular flexibility index (Phi) is 5.19. The van der Waals surface area contributed by atoms with Crippen LogP contribution in [0.1, 0.15) is 78.7 Å². The van der Waals surface area contributed by atoms with Crippen LogP contribution in [0, 0.1) is 17.3 Å². The second-order valence-corrected chi connectivity index (χ2v) is 11.9. The first-order chi connectivity index (χ1) is 16.0. The third kappa shape index (κ3) is 4.52. The molecule has 2 aromatic rings. The van der Waals surface area contributed by atoms with Crippen LogP contribution in [0.3, 0.4) is 0 Å². The van der Waals surface area contributed by atoms with E-state index < -0.39 is 0 Å². The summed E-state index contributed by atoms with van der Waals surface area (Å²) in [6.45, 7) is 3.93. The van der Waals surface area contributed by atoms with E-state index in [1.807, 2.05) is 6.33 Å². The molecule has 2 amide bonds. The Balaban J connectivity index is 1.24. The van der Waals surface area contributed by atoms with Gasteiger partial charge in [-0.3, -0.25) is 14.2 Å². The van der Waals surface area contributed by atoms with E-state index in [-0.39, 0.29) is 23.8 Å². The zero-order valence-electron chi connectivity index (χ0n) is 19.2. The summed E-state index contributed by atoms with van der Waals surface area (Å²) >= 11 is 1.59. The van der Waals surface area contributed by atoms with Crippen molar-refractivity contribution in [2.24, 2.45) is 17.3 Å². The van der Waals surface area contributed by atoms with Crippen LogP contribution in [0.2, 0.25) is 0 Å². The zero-order chi connectivity index (χ0) is 22.6. The first-order valence-corrected chi connectivity index (χ1v) is 13.2. The van der Waals surface area contributed by atoms with Crippen LogP contribution in [-0.2, 0) is 17.6 Å². The number of thiophene rings is 1. The summed E-state index contributed by atoms with van der Waals surface area (Å²) in [6.07, 6.45) is 11.2. The topological polar surface area (TPSA) is 101 Å². The summed E-state index contributed by atoms with van der Waals surface area (Å²) in [6, 6.07) is 0.193. The monoisotopic (exact) mass is 468 g/mol. The molecular weight excluding hydrogens is 436 g/mol. The lowest BCUT2D eigenvalue weighted by atomic mass is 9.91. The highest BCUT2D eigenvalue weighted by Gasteiger charge is 2.38. The Bertz CT molecular complexity index is 1080. The molecule has 0 saturated heterocycles. The average molecular weight is 469 g/mol. The van der Waals surface area contributed by atoms with E-state index in [0.717, 1.165) is 61.7 Å². The van der Waals surface area contributed by atoms with Crippen molar-refractivity contribution in [3.63, 3.8) is 0 Å². The van der Waals surface area contributed by atoms with Crippen molar-refractivity contribution < 1.29 is 9.59 Å². The van der Waals surface area contributed by atoms with Crippen LogP contribution in [0.25, 0.3) is 0 Å². The molecule has 2 heterocycles. The maximum atomic E-state index is 13.3. The molecule has 176 valence electrons. The quantitative estimate of drug-likeness (QED) is 0.520. The molecule has 3 fully saturated rings. The van der Waals surface area contributed by atoms with Gasteiger partial charge in [0.15, 0.2) is 0 Å². The number of aryl methyl sites for hydroxylation is 1. The molecular formula is C24H32N6O2S. The number of hydrogen-bond donors (Lipinski definition) is 3. The minimum absolute atomic E-state index is 0.0464. The van der Waals surface area contributed by atoms with Gasteiger partial charge >= 0.3 is 0 Å². The van der Waals surface area contributed by atoms with E-state index in [1.54, 1.807) is 11.3 Å². The van der Waals surface area contributed by atoms with E-state index in [2.05, 4.69) is 37.6 Å². The minimum atomic E-state index is -0.0464. The average Bonchev–Trinajstić information content (AvgIpc) is 3.72. The van der Waals surface area contributed by atoms with Crippen LogP contribution in [-0.4, -0.2) is 39.7 Å². The first kappa shape index (κ1) is 21.1. The van der Waals surface area contributed by atoms with Gasteiger partial charge in [-0.05, 0) is 74.7 Å². The summed E-state index contributed by atoms with van der Waals surface area (Å²) in [4.78, 5) is 27.0. The van der Waals surface area contributed by atoms with Crippen molar-refractivity contribution in [2.75, 3.05) is 23.7 Å². The summed E-state index contributed by atoms with van der Waals surface area (Å²) < 4.78 is 2.14. The van der Waals surface area contributed by atoms with Crippen LogP contribution in [0.15, 0.2) is 6.33 Å². The highest BCUT2D eigenvalue weighted by Crippen LogP contribution is 2.45. The van der Waals surface area contributed by atoms with Crippen molar-refractivity contribution in [1.82, 2.24) is 20.1 Å². The highest BCUT2D eigenvalue weighted by atomic mass is 32.1. The molecule has 0 aliphatic heterocycles.